The van der Waals surface area contributed by atoms with Gasteiger partial charge in [-0.2, -0.15) is 0 Å². The van der Waals surface area contributed by atoms with Gasteiger partial charge in [-0.15, -0.1) is 6.42 Å². The van der Waals surface area contributed by atoms with Gasteiger partial charge in [0.15, 0.2) is 0 Å². The van der Waals surface area contributed by atoms with Gasteiger partial charge in [-0.25, -0.2) is 4.98 Å². The van der Waals surface area contributed by atoms with Gasteiger partial charge in [-0.1, -0.05) is 31.4 Å². The van der Waals surface area contributed by atoms with Gasteiger partial charge in [-0.3, -0.25) is 0 Å². The Labute approximate surface area is 77.8 Å². The van der Waals surface area contributed by atoms with E-state index in [4.69, 9.17) is 18.0 Å². The van der Waals surface area contributed by atoms with Crippen molar-refractivity contribution >= 4 is 11.6 Å². The Morgan fingerprint density at radius 3 is 2.58 bits per heavy atom. The lowest BCUT2D eigenvalue weighted by atomic mass is 10.1. The van der Waals surface area contributed by atoms with Crippen molar-refractivity contribution in [1.82, 2.24) is 4.98 Å². The van der Waals surface area contributed by atoms with Crippen molar-refractivity contribution in [3.05, 3.63) is 28.5 Å². The van der Waals surface area contributed by atoms with E-state index in [1.165, 1.54) is 0 Å². The maximum atomic E-state index is 5.82. The SMILES string of the molecule is C#Cc1ccc(C(C)C)nc1Cl. The van der Waals surface area contributed by atoms with Gasteiger partial charge < -0.3 is 0 Å². The molecular weight excluding hydrogens is 170 g/mol. The Kier molecular flexibility index (Phi) is 2.73. The number of pyridine rings is 1. The number of aromatic nitrogens is 1. The Balaban J connectivity index is 3.12. The highest BCUT2D eigenvalue weighted by Gasteiger charge is 2.03. The molecule has 0 saturated carbocycles. The van der Waals surface area contributed by atoms with E-state index in [0.717, 1.165) is 5.69 Å². The van der Waals surface area contributed by atoms with Gasteiger partial charge in [0.05, 0.1) is 5.56 Å². The van der Waals surface area contributed by atoms with Crippen LogP contribution < -0.4 is 0 Å². The third-order valence-electron chi connectivity index (χ3n) is 1.62. The van der Waals surface area contributed by atoms with Crippen molar-refractivity contribution in [3.63, 3.8) is 0 Å². The van der Waals surface area contributed by atoms with E-state index in [-0.39, 0.29) is 0 Å². The molecule has 1 rings (SSSR count). The minimum absolute atomic E-state index is 0.384. The molecule has 1 aromatic rings. The van der Waals surface area contributed by atoms with Crippen LogP contribution in [0.4, 0.5) is 0 Å². The zero-order chi connectivity index (χ0) is 9.14. The Bertz CT molecular complexity index is 323. The van der Waals surface area contributed by atoms with Crippen LogP contribution in [0.2, 0.25) is 5.15 Å². The molecule has 2 heteroatoms. The summed E-state index contributed by atoms with van der Waals surface area (Å²) in [5.74, 6) is 2.85. The quantitative estimate of drug-likeness (QED) is 0.477. The summed E-state index contributed by atoms with van der Waals surface area (Å²) in [7, 11) is 0. The molecule has 1 nitrogen and oxygen atoms in total. The maximum absolute atomic E-state index is 5.82. The van der Waals surface area contributed by atoms with Crippen LogP contribution in [-0.4, -0.2) is 4.98 Å². The second-order valence-electron chi connectivity index (χ2n) is 2.87. The molecule has 12 heavy (non-hydrogen) atoms. The van der Waals surface area contributed by atoms with E-state index in [1.54, 1.807) is 0 Å². The summed E-state index contributed by atoms with van der Waals surface area (Å²) < 4.78 is 0. The monoisotopic (exact) mass is 179 g/mol. The molecule has 0 aliphatic heterocycles. The highest BCUT2D eigenvalue weighted by atomic mass is 35.5. The van der Waals surface area contributed by atoms with E-state index in [2.05, 4.69) is 24.8 Å². The second-order valence-corrected chi connectivity index (χ2v) is 3.23. The van der Waals surface area contributed by atoms with Crippen LogP contribution in [0, 0.1) is 12.3 Å². The number of terminal acetylenes is 1. The fourth-order valence-electron chi connectivity index (χ4n) is 0.878. The summed E-state index contributed by atoms with van der Waals surface area (Å²) in [6.45, 7) is 4.13. The molecule has 0 aliphatic carbocycles. The summed E-state index contributed by atoms with van der Waals surface area (Å²) >= 11 is 5.82. The van der Waals surface area contributed by atoms with E-state index < -0.39 is 0 Å². The summed E-state index contributed by atoms with van der Waals surface area (Å²) in [6.07, 6.45) is 5.20. The number of hydrogen-bond acceptors (Lipinski definition) is 1. The molecule has 0 atom stereocenters. The van der Waals surface area contributed by atoms with Crippen LogP contribution in [-0.2, 0) is 0 Å². The van der Waals surface area contributed by atoms with Crippen molar-refractivity contribution < 1.29 is 0 Å². The molecule has 62 valence electrons. The molecule has 0 aliphatic rings. The second kappa shape index (κ2) is 3.60. The Morgan fingerprint density at radius 2 is 2.17 bits per heavy atom. The molecule has 0 fully saturated rings. The molecule has 0 aromatic carbocycles. The predicted molar refractivity (Wildman–Crippen MR) is 51.3 cm³/mol. The van der Waals surface area contributed by atoms with E-state index >= 15 is 0 Å². The first-order chi connectivity index (χ1) is 5.65. The highest BCUT2D eigenvalue weighted by Crippen LogP contribution is 2.17. The number of hydrogen-bond donors (Lipinski definition) is 0. The lowest BCUT2D eigenvalue weighted by molar-refractivity contribution is 0.822. The van der Waals surface area contributed by atoms with Crippen molar-refractivity contribution in [2.24, 2.45) is 0 Å². The summed E-state index contributed by atoms with van der Waals surface area (Å²) in [5.41, 5.74) is 1.63. The Hall–Kier alpha value is -1.00. The lowest BCUT2D eigenvalue weighted by Crippen LogP contribution is -1.93. The van der Waals surface area contributed by atoms with E-state index in [0.29, 0.717) is 16.6 Å². The largest absolute Gasteiger partial charge is 0.240 e. The van der Waals surface area contributed by atoms with Crippen LogP contribution in [0.25, 0.3) is 0 Å². The first-order valence-electron chi connectivity index (χ1n) is 3.78. The third-order valence-corrected chi connectivity index (χ3v) is 1.91. The minimum atomic E-state index is 0.384. The minimum Gasteiger partial charge on any atom is -0.240 e. The summed E-state index contributed by atoms with van der Waals surface area (Å²) in [4.78, 5) is 4.17. The molecule has 0 N–H and O–H groups in total. The Morgan fingerprint density at radius 1 is 1.50 bits per heavy atom. The molecular formula is C10H10ClN. The van der Waals surface area contributed by atoms with Gasteiger partial charge >= 0.3 is 0 Å². The normalized spacial score (nSPS) is 9.92. The van der Waals surface area contributed by atoms with Gasteiger partial charge in [-0.05, 0) is 18.1 Å². The molecule has 1 heterocycles. The lowest BCUT2D eigenvalue weighted by Gasteiger charge is -2.04. The molecule has 0 saturated heterocycles. The van der Waals surface area contributed by atoms with Crippen molar-refractivity contribution in [1.29, 1.82) is 0 Å². The van der Waals surface area contributed by atoms with Crippen LogP contribution in [0.5, 0.6) is 0 Å². The highest BCUT2D eigenvalue weighted by molar-refractivity contribution is 6.30. The van der Waals surface area contributed by atoms with E-state index in [9.17, 15) is 0 Å². The topological polar surface area (TPSA) is 12.9 Å². The first kappa shape index (κ1) is 9.09. The fourth-order valence-corrected chi connectivity index (χ4v) is 1.09. The van der Waals surface area contributed by atoms with Crippen LogP contribution >= 0.6 is 11.6 Å². The molecule has 0 radical (unpaired) electrons. The molecule has 0 amide bonds. The number of nitrogens with zero attached hydrogens (tertiary/aromatic N) is 1. The van der Waals surface area contributed by atoms with Crippen LogP contribution in [0.3, 0.4) is 0 Å². The molecule has 0 bridgehead atoms. The van der Waals surface area contributed by atoms with Gasteiger partial charge in [0.2, 0.25) is 0 Å². The average Bonchev–Trinajstić information content (AvgIpc) is 2.04. The zero-order valence-electron chi connectivity index (χ0n) is 7.13. The first-order valence-corrected chi connectivity index (χ1v) is 4.16. The van der Waals surface area contributed by atoms with Crippen molar-refractivity contribution in [2.45, 2.75) is 19.8 Å². The standard InChI is InChI=1S/C10H10ClN/c1-4-8-5-6-9(7(2)3)12-10(8)11/h1,5-7H,2-3H3. The van der Waals surface area contributed by atoms with Crippen molar-refractivity contribution in [3.8, 4) is 12.3 Å². The van der Waals surface area contributed by atoms with Gasteiger partial charge in [0, 0.05) is 5.69 Å². The summed E-state index contributed by atoms with van der Waals surface area (Å²) in [5, 5.41) is 0.420. The number of halogens is 1. The fraction of sp³-hybridized carbons (Fsp3) is 0.300. The molecule has 1 aromatic heterocycles. The van der Waals surface area contributed by atoms with Crippen LogP contribution in [0.15, 0.2) is 12.1 Å². The third kappa shape index (κ3) is 1.78. The van der Waals surface area contributed by atoms with Crippen molar-refractivity contribution in [2.75, 3.05) is 0 Å². The van der Waals surface area contributed by atoms with Gasteiger partial charge in [0.1, 0.15) is 5.15 Å². The number of rotatable bonds is 1. The zero-order valence-corrected chi connectivity index (χ0v) is 7.89. The van der Waals surface area contributed by atoms with Crippen LogP contribution in [0.1, 0.15) is 31.0 Å². The average molecular weight is 180 g/mol. The smallest absolute Gasteiger partial charge is 0.144 e. The van der Waals surface area contributed by atoms with Gasteiger partial charge in [0.25, 0.3) is 0 Å². The molecule has 0 unspecified atom stereocenters. The maximum Gasteiger partial charge on any atom is 0.144 e. The predicted octanol–water partition coefficient (Wildman–Crippen LogP) is 2.84. The van der Waals surface area contributed by atoms with E-state index in [1.807, 2.05) is 12.1 Å². The summed E-state index contributed by atoms with van der Waals surface area (Å²) in [6, 6.07) is 3.73. The molecule has 0 spiro atoms.